The van der Waals surface area contributed by atoms with Crippen LogP contribution in [0.25, 0.3) is 0 Å². The number of rotatable bonds is 5. The standard InChI is InChI=1S/C8H16N2O.2Y/c1-6(9)4-3-5-8(10)7(2)11;;/h8-9H,3-5,10H2,1-2H3;;. The Morgan fingerprint density at radius 2 is 1.85 bits per heavy atom. The number of hydrogen-bond acceptors (Lipinski definition) is 3. The van der Waals surface area contributed by atoms with Crippen LogP contribution < -0.4 is 5.73 Å². The maximum atomic E-state index is 10.6. The van der Waals surface area contributed by atoms with Gasteiger partial charge < -0.3 is 11.1 Å². The minimum atomic E-state index is -0.325. The van der Waals surface area contributed by atoms with Crippen LogP contribution in [-0.2, 0) is 70.2 Å². The summed E-state index contributed by atoms with van der Waals surface area (Å²) in [5.41, 5.74) is 6.14. The topological polar surface area (TPSA) is 66.9 Å². The first-order valence-corrected chi connectivity index (χ1v) is 3.84. The molecule has 0 saturated heterocycles. The molecule has 70 valence electrons. The first-order valence-electron chi connectivity index (χ1n) is 3.84. The monoisotopic (exact) mass is 334 g/mol. The van der Waals surface area contributed by atoms with Crippen LogP contribution in [0.4, 0.5) is 0 Å². The predicted octanol–water partition coefficient (Wildman–Crippen LogP) is 1.11. The minimum absolute atomic E-state index is 0. The van der Waals surface area contributed by atoms with Gasteiger partial charge in [-0.15, -0.1) is 0 Å². The Hall–Kier alpha value is 1.51. The molecule has 0 fully saturated rings. The van der Waals surface area contributed by atoms with E-state index in [1.165, 1.54) is 6.92 Å². The van der Waals surface area contributed by atoms with Crippen molar-refractivity contribution in [2.75, 3.05) is 0 Å². The average molecular weight is 334 g/mol. The summed E-state index contributed by atoms with van der Waals surface area (Å²) in [7, 11) is 0. The minimum Gasteiger partial charge on any atom is -0.322 e. The summed E-state index contributed by atoms with van der Waals surface area (Å²) >= 11 is 0. The summed E-state index contributed by atoms with van der Waals surface area (Å²) < 4.78 is 0. The molecule has 0 aromatic rings. The van der Waals surface area contributed by atoms with Gasteiger partial charge in [-0.2, -0.15) is 0 Å². The summed E-state index contributed by atoms with van der Waals surface area (Å²) in [4.78, 5) is 10.6. The van der Waals surface area contributed by atoms with Crippen LogP contribution in [0.15, 0.2) is 0 Å². The number of hydrogen-bond donors (Lipinski definition) is 2. The van der Waals surface area contributed by atoms with Crippen molar-refractivity contribution in [3.8, 4) is 0 Å². The molecule has 0 spiro atoms. The third-order valence-corrected chi connectivity index (χ3v) is 1.59. The van der Waals surface area contributed by atoms with Crippen molar-refractivity contribution in [2.24, 2.45) is 5.73 Å². The molecule has 0 aliphatic rings. The second-order valence-corrected chi connectivity index (χ2v) is 2.89. The molecule has 3 N–H and O–H groups in total. The van der Waals surface area contributed by atoms with E-state index in [0.29, 0.717) is 12.1 Å². The van der Waals surface area contributed by atoms with Crippen LogP contribution in [-0.4, -0.2) is 17.5 Å². The molecule has 0 aliphatic heterocycles. The second-order valence-electron chi connectivity index (χ2n) is 2.89. The zero-order valence-corrected chi connectivity index (χ0v) is 14.0. The van der Waals surface area contributed by atoms with Crippen molar-refractivity contribution >= 4 is 11.5 Å². The van der Waals surface area contributed by atoms with E-state index in [1.807, 2.05) is 0 Å². The van der Waals surface area contributed by atoms with Crippen molar-refractivity contribution in [2.45, 2.75) is 39.2 Å². The number of ketones is 1. The summed E-state index contributed by atoms with van der Waals surface area (Å²) in [6.45, 7) is 3.27. The Bertz CT molecular complexity index is 162. The molecule has 1 atom stereocenters. The first kappa shape index (κ1) is 20.0. The molecule has 0 heterocycles. The van der Waals surface area contributed by atoms with Gasteiger partial charge >= 0.3 is 0 Å². The zero-order valence-electron chi connectivity index (χ0n) is 8.34. The maximum absolute atomic E-state index is 10.6. The SMILES string of the molecule is CC(=N)CCCC(N)C(C)=O.[Y].[Y]. The molecule has 0 aromatic heterocycles. The van der Waals surface area contributed by atoms with E-state index < -0.39 is 0 Å². The Balaban J connectivity index is -0.000000500. The molecular formula is C8H16N2OY2. The van der Waals surface area contributed by atoms with Gasteiger partial charge in [0.15, 0.2) is 0 Å². The van der Waals surface area contributed by atoms with Crippen molar-refractivity contribution < 1.29 is 70.2 Å². The van der Waals surface area contributed by atoms with Gasteiger partial charge in [0.25, 0.3) is 0 Å². The van der Waals surface area contributed by atoms with Gasteiger partial charge in [0.1, 0.15) is 5.78 Å². The van der Waals surface area contributed by atoms with Crippen LogP contribution in [0.2, 0.25) is 0 Å². The van der Waals surface area contributed by atoms with Gasteiger partial charge in [-0.3, -0.25) is 4.79 Å². The van der Waals surface area contributed by atoms with Gasteiger partial charge in [0.05, 0.1) is 6.04 Å². The molecule has 1 unspecified atom stereocenters. The predicted molar refractivity (Wildman–Crippen MR) is 45.9 cm³/mol. The van der Waals surface area contributed by atoms with Gasteiger partial charge in [0, 0.05) is 71.1 Å². The summed E-state index contributed by atoms with van der Waals surface area (Å²) in [5.74, 6) is 0.0348. The second kappa shape index (κ2) is 11.6. The molecule has 0 aliphatic carbocycles. The zero-order chi connectivity index (χ0) is 8.85. The summed E-state index contributed by atoms with van der Waals surface area (Å²) in [6, 6.07) is -0.325. The van der Waals surface area contributed by atoms with E-state index in [0.717, 1.165) is 12.8 Å². The van der Waals surface area contributed by atoms with E-state index in [1.54, 1.807) is 6.92 Å². The number of nitrogens with one attached hydrogen (secondary N) is 1. The number of nitrogens with two attached hydrogens (primary N) is 1. The third-order valence-electron chi connectivity index (χ3n) is 1.59. The first-order chi connectivity index (χ1) is 5.04. The summed E-state index contributed by atoms with van der Waals surface area (Å²) in [5, 5.41) is 7.12. The van der Waals surface area contributed by atoms with Crippen molar-refractivity contribution in [1.82, 2.24) is 0 Å². The Morgan fingerprint density at radius 3 is 2.15 bits per heavy atom. The van der Waals surface area contributed by atoms with Crippen LogP contribution >= 0.6 is 0 Å². The number of Topliss-reactive ketones (excluding diaryl/α,β-unsaturated/α-hetero) is 1. The average Bonchev–Trinajstić information content (AvgIpc) is 1.86. The van der Waals surface area contributed by atoms with Gasteiger partial charge in [-0.25, -0.2) is 0 Å². The molecule has 0 bridgehead atoms. The molecule has 5 heteroatoms. The van der Waals surface area contributed by atoms with Crippen LogP contribution in [0, 0.1) is 5.41 Å². The fourth-order valence-corrected chi connectivity index (χ4v) is 0.790. The molecule has 0 amide bonds. The van der Waals surface area contributed by atoms with Crippen LogP contribution in [0.3, 0.4) is 0 Å². The van der Waals surface area contributed by atoms with E-state index in [9.17, 15) is 4.79 Å². The van der Waals surface area contributed by atoms with Crippen molar-refractivity contribution in [1.29, 1.82) is 5.41 Å². The molecular weight excluding hydrogens is 318 g/mol. The van der Waals surface area contributed by atoms with Crippen molar-refractivity contribution in [3.05, 3.63) is 0 Å². The van der Waals surface area contributed by atoms with Gasteiger partial charge in [0.2, 0.25) is 0 Å². The summed E-state index contributed by atoms with van der Waals surface area (Å²) in [6.07, 6.45) is 2.29. The largest absolute Gasteiger partial charge is 0.322 e. The molecule has 3 nitrogen and oxygen atoms in total. The quantitative estimate of drug-likeness (QED) is 0.740. The van der Waals surface area contributed by atoms with Crippen molar-refractivity contribution in [3.63, 3.8) is 0 Å². The molecule has 13 heavy (non-hydrogen) atoms. The molecule has 0 aromatic carbocycles. The van der Waals surface area contributed by atoms with E-state index in [-0.39, 0.29) is 77.2 Å². The smallest absolute Gasteiger partial charge is 0.146 e. The Labute approximate surface area is 130 Å². The van der Waals surface area contributed by atoms with Crippen LogP contribution in [0.1, 0.15) is 33.1 Å². The van der Waals surface area contributed by atoms with Crippen LogP contribution in [0.5, 0.6) is 0 Å². The van der Waals surface area contributed by atoms with E-state index in [2.05, 4.69) is 0 Å². The molecule has 2 radical (unpaired) electrons. The Kier molecular flexibility index (Phi) is 17.8. The normalized spacial score (nSPS) is 10.7. The van der Waals surface area contributed by atoms with E-state index >= 15 is 0 Å². The maximum Gasteiger partial charge on any atom is 0.146 e. The van der Waals surface area contributed by atoms with Gasteiger partial charge in [-0.1, -0.05) is 0 Å². The Morgan fingerprint density at radius 1 is 1.38 bits per heavy atom. The van der Waals surface area contributed by atoms with E-state index in [4.69, 9.17) is 11.1 Å². The fourth-order valence-electron chi connectivity index (χ4n) is 0.790. The number of carbonyl (C=O) groups is 1. The fraction of sp³-hybridized carbons (Fsp3) is 0.750. The molecule has 0 saturated carbocycles. The third kappa shape index (κ3) is 13.5. The number of carbonyl (C=O) groups excluding carboxylic acids is 1. The van der Waals surface area contributed by atoms with Gasteiger partial charge in [-0.05, 0) is 33.1 Å². The molecule has 0 rings (SSSR count).